The Balaban J connectivity index is 2.04. The minimum absolute atomic E-state index is 0.132. The highest BCUT2D eigenvalue weighted by atomic mass is 19.1. The summed E-state index contributed by atoms with van der Waals surface area (Å²) in [5.74, 6) is -0.450. The Hall–Kier alpha value is -2.10. The molecule has 1 heterocycles. The summed E-state index contributed by atoms with van der Waals surface area (Å²) in [7, 11) is 0. The van der Waals surface area contributed by atoms with Crippen molar-refractivity contribution < 1.29 is 9.18 Å². The molecule has 1 atom stereocenters. The topological polar surface area (TPSA) is 34.0 Å². The Kier molecular flexibility index (Phi) is 3.23. The molecule has 1 amide bonds. The zero-order valence-electron chi connectivity index (χ0n) is 9.43. The maximum absolute atomic E-state index is 12.7. The van der Waals surface area contributed by atoms with E-state index in [1.54, 1.807) is 11.5 Å². The zero-order chi connectivity index (χ0) is 12.3. The van der Waals surface area contributed by atoms with Crippen molar-refractivity contribution >= 4 is 11.6 Å². The predicted molar refractivity (Wildman–Crippen MR) is 64.2 cm³/mol. The first-order valence-corrected chi connectivity index (χ1v) is 5.36. The Morgan fingerprint density at radius 3 is 2.41 bits per heavy atom. The van der Waals surface area contributed by atoms with Crippen LogP contribution in [-0.2, 0) is 4.79 Å². The zero-order valence-corrected chi connectivity index (χ0v) is 9.43. The average Bonchev–Trinajstić information content (AvgIpc) is 2.84. The van der Waals surface area contributed by atoms with Crippen LogP contribution in [0.5, 0.6) is 0 Å². The molecule has 0 aliphatic rings. The van der Waals surface area contributed by atoms with E-state index in [0.29, 0.717) is 5.69 Å². The summed E-state index contributed by atoms with van der Waals surface area (Å²) in [5.41, 5.74) is 0.593. The number of hydrogen-bond acceptors (Lipinski definition) is 1. The molecule has 2 aromatic rings. The number of anilines is 1. The lowest BCUT2D eigenvalue weighted by molar-refractivity contribution is -0.118. The van der Waals surface area contributed by atoms with E-state index in [9.17, 15) is 9.18 Å². The van der Waals surface area contributed by atoms with E-state index in [2.05, 4.69) is 5.32 Å². The molecule has 0 bridgehead atoms. The number of nitrogens with zero attached hydrogens (tertiary/aromatic N) is 1. The molecule has 0 saturated carbocycles. The summed E-state index contributed by atoms with van der Waals surface area (Å²) in [4.78, 5) is 11.9. The van der Waals surface area contributed by atoms with Gasteiger partial charge in [0.1, 0.15) is 11.9 Å². The number of aromatic nitrogens is 1. The molecule has 1 N–H and O–H groups in total. The predicted octanol–water partition coefficient (Wildman–Crippen LogP) is 2.83. The van der Waals surface area contributed by atoms with Gasteiger partial charge in [0.15, 0.2) is 0 Å². The number of benzene rings is 1. The summed E-state index contributed by atoms with van der Waals surface area (Å²) >= 11 is 0. The molecular formula is C13H13FN2O. The summed E-state index contributed by atoms with van der Waals surface area (Å²) in [6.07, 6.45) is 3.66. The highest BCUT2D eigenvalue weighted by molar-refractivity contribution is 5.93. The van der Waals surface area contributed by atoms with E-state index in [0.717, 1.165) is 0 Å². The largest absolute Gasteiger partial charge is 0.342 e. The Labute approximate surface area is 98.9 Å². The van der Waals surface area contributed by atoms with Crippen molar-refractivity contribution in [3.05, 3.63) is 54.6 Å². The SMILES string of the molecule is C[C@@H](C(=O)Nc1ccc(F)cc1)n1cccc1. The first-order chi connectivity index (χ1) is 8.16. The summed E-state index contributed by atoms with van der Waals surface area (Å²) in [5, 5.41) is 2.73. The van der Waals surface area contributed by atoms with Gasteiger partial charge < -0.3 is 9.88 Å². The van der Waals surface area contributed by atoms with Crippen LogP contribution in [0.2, 0.25) is 0 Å². The van der Waals surface area contributed by atoms with Gasteiger partial charge in [-0.2, -0.15) is 0 Å². The number of nitrogens with one attached hydrogen (secondary N) is 1. The summed E-state index contributed by atoms with van der Waals surface area (Å²) in [6, 6.07) is 9.13. The van der Waals surface area contributed by atoms with Crippen LogP contribution in [0.1, 0.15) is 13.0 Å². The molecule has 1 aromatic carbocycles. The van der Waals surface area contributed by atoms with Crippen LogP contribution in [0.25, 0.3) is 0 Å². The molecule has 3 nitrogen and oxygen atoms in total. The minimum Gasteiger partial charge on any atom is -0.342 e. The van der Waals surface area contributed by atoms with Crippen molar-refractivity contribution in [2.24, 2.45) is 0 Å². The standard InChI is InChI=1S/C13H13FN2O/c1-10(16-8-2-3-9-16)13(17)15-12-6-4-11(14)5-7-12/h2-10H,1H3,(H,15,17)/t10-/m0/s1. The van der Waals surface area contributed by atoms with Crippen LogP contribution < -0.4 is 5.32 Å². The van der Waals surface area contributed by atoms with Crippen molar-refractivity contribution in [1.82, 2.24) is 4.57 Å². The van der Waals surface area contributed by atoms with E-state index in [1.165, 1.54) is 24.3 Å². The third-order valence-electron chi connectivity index (χ3n) is 2.57. The highest BCUT2D eigenvalue weighted by Gasteiger charge is 2.13. The normalized spacial score (nSPS) is 12.1. The van der Waals surface area contributed by atoms with Gasteiger partial charge in [-0.15, -0.1) is 0 Å². The van der Waals surface area contributed by atoms with E-state index < -0.39 is 0 Å². The molecule has 0 aliphatic carbocycles. The second-order valence-corrected chi connectivity index (χ2v) is 3.80. The number of carbonyl (C=O) groups is 1. The number of amides is 1. The summed E-state index contributed by atoms with van der Waals surface area (Å²) < 4.78 is 14.5. The Morgan fingerprint density at radius 2 is 1.82 bits per heavy atom. The van der Waals surface area contributed by atoms with Crippen LogP contribution >= 0.6 is 0 Å². The lowest BCUT2D eigenvalue weighted by Crippen LogP contribution is -2.22. The fourth-order valence-electron chi connectivity index (χ4n) is 1.52. The third-order valence-corrected chi connectivity index (χ3v) is 2.57. The van der Waals surface area contributed by atoms with Gasteiger partial charge in [-0.1, -0.05) is 0 Å². The van der Waals surface area contributed by atoms with Crippen molar-refractivity contribution in [1.29, 1.82) is 0 Å². The number of rotatable bonds is 3. The Morgan fingerprint density at radius 1 is 1.24 bits per heavy atom. The lowest BCUT2D eigenvalue weighted by atomic mass is 10.2. The van der Waals surface area contributed by atoms with Crippen LogP contribution in [0, 0.1) is 5.82 Å². The molecular weight excluding hydrogens is 219 g/mol. The number of carbonyl (C=O) groups excluding carboxylic acids is 1. The van der Waals surface area contributed by atoms with Crippen LogP contribution in [-0.4, -0.2) is 10.5 Å². The molecule has 2 rings (SSSR count). The smallest absolute Gasteiger partial charge is 0.247 e. The summed E-state index contributed by atoms with van der Waals surface area (Å²) in [6.45, 7) is 1.80. The molecule has 0 spiro atoms. The molecule has 1 aromatic heterocycles. The van der Waals surface area contributed by atoms with Crippen LogP contribution in [0.3, 0.4) is 0 Å². The average molecular weight is 232 g/mol. The number of halogens is 1. The molecule has 0 aliphatic heterocycles. The maximum atomic E-state index is 12.7. The first kappa shape index (κ1) is 11.4. The van der Waals surface area contributed by atoms with Crippen molar-refractivity contribution in [2.45, 2.75) is 13.0 Å². The molecule has 0 radical (unpaired) electrons. The van der Waals surface area contributed by atoms with Gasteiger partial charge in [-0.3, -0.25) is 4.79 Å². The molecule has 0 fully saturated rings. The van der Waals surface area contributed by atoms with Gasteiger partial charge in [0, 0.05) is 18.1 Å². The van der Waals surface area contributed by atoms with Gasteiger partial charge in [0.2, 0.25) is 5.91 Å². The monoisotopic (exact) mass is 232 g/mol. The van der Waals surface area contributed by atoms with E-state index >= 15 is 0 Å². The second-order valence-electron chi connectivity index (χ2n) is 3.80. The molecule has 88 valence electrons. The Bertz CT molecular complexity index is 491. The van der Waals surface area contributed by atoms with Crippen molar-refractivity contribution in [3.63, 3.8) is 0 Å². The molecule has 17 heavy (non-hydrogen) atoms. The number of hydrogen-bond donors (Lipinski definition) is 1. The van der Waals surface area contributed by atoms with E-state index in [-0.39, 0.29) is 17.8 Å². The molecule has 0 saturated heterocycles. The minimum atomic E-state index is -0.318. The third kappa shape index (κ3) is 2.72. The fraction of sp³-hybridized carbons (Fsp3) is 0.154. The van der Waals surface area contributed by atoms with Gasteiger partial charge in [-0.25, -0.2) is 4.39 Å². The van der Waals surface area contributed by atoms with Crippen molar-refractivity contribution in [3.8, 4) is 0 Å². The molecule has 4 heteroatoms. The van der Waals surface area contributed by atoms with Gasteiger partial charge in [-0.05, 0) is 43.3 Å². The maximum Gasteiger partial charge on any atom is 0.247 e. The highest BCUT2D eigenvalue weighted by Crippen LogP contribution is 2.12. The van der Waals surface area contributed by atoms with E-state index in [1.807, 2.05) is 24.5 Å². The second kappa shape index (κ2) is 4.82. The first-order valence-electron chi connectivity index (χ1n) is 5.36. The van der Waals surface area contributed by atoms with Crippen LogP contribution in [0.15, 0.2) is 48.8 Å². The molecule has 0 unspecified atom stereocenters. The van der Waals surface area contributed by atoms with Crippen LogP contribution in [0.4, 0.5) is 10.1 Å². The van der Waals surface area contributed by atoms with Gasteiger partial charge in [0.25, 0.3) is 0 Å². The van der Waals surface area contributed by atoms with Gasteiger partial charge in [0.05, 0.1) is 0 Å². The lowest BCUT2D eigenvalue weighted by Gasteiger charge is -2.13. The fourth-order valence-corrected chi connectivity index (χ4v) is 1.52. The van der Waals surface area contributed by atoms with Crippen molar-refractivity contribution in [2.75, 3.05) is 5.32 Å². The van der Waals surface area contributed by atoms with E-state index in [4.69, 9.17) is 0 Å². The quantitative estimate of drug-likeness (QED) is 0.867. The van der Waals surface area contributed by atoms with Gasteiger partial charge >= 0.3 is 0 Å².